The molecule has 1 N–H and O–H groups in total. The van der Waals surface area contributed by atoms with Crippen molar-refractivity contribution in [3.63, 3.8) is 0 Å². The van der Waals surface area contributed by atoms with Gasteiger partial charge >= 0.3 is 5.97 Å². The number of rotatable bonds is 6. The van der Waals surface area contributed by atoms with E-state index in [9.17, 15) is 14.7 Å². The van der Waals surface area contributed by atoms with Crippen molar-refractivity contribution in [2.75, 3.05) is 0 Å². The number of aliphatic carboxylic acids is 1. The molecule has 0 saturated carbocycles. The van der Waals surface area contributed by atoms with Crippen molar-refractivity contribution >= 4 is 11.9 Å². The highest BCUT2D eigenvalue weighted by Gasteiger charge is 2.27. The highest BCUT2D eigenvalue weighted by atomic mass is 16.4. The molecule has 0 aliphatic rings. The van der Waals surface area contributed by atoms with Gasteiger partial charge in [0.05, 0.1) is 0 Å². The molecule has 2 aromatic carbocycles. The van der Waals surface area contributed by atoms with E-state index in [1.165, 1.54) is 11.8 Å². The van der Waals surface area contributed by atoms with Crippen molar-refractivity contribution in [2.24, 2.45) is 0 Å². The van der Waals surface area contributed by atoms with Crippen LogP contribution in [-0.4, -0.2) is 27.9 Å². The molecule has 0 aliphatic heterocycles. The van der Waals surface area contributed by atoms with Crippen LogP contribution in [0.4, 0.5) is 0 Å². The molecule has 4 heteroatoms. The topological polar surface area (TPSA) is 57.6 Å². The van der Waals surface area contributed by atoms with Gasteiger partial charge in [-0.05, 0) is 11.1 Å². The fourth-order valence-electron chi connectivity index (χ4n) is 2.39. The Morgan fingerprint density at radius 2 is 1.45 bits per heavy atom. The van der Waals surface area contributed by atoms with E-state index in [1.54, 1.807) is 0 Å². The van der Waals surface area contributed by atoms with Crippen LogP contribution in [0.2, 0.25) is 0 Å². The van der Waals surface area contributed by atoms with Crippen LogP contribution in [-0.2, 0) is 22.6 Å². The van der Waals surface area contributed by atoms with Crippen molar-refractivity contribution in [1.82, 2.24) is 4.90 Å². The minimum atomic E-state index is -0.991. The lowest BCUT2D eigenvalue weighted by Gasteiger charge is -2.28. The summed E-state index contributed by atoms with van der Waals surface area (Å²) >= 11 is 0. The molecule has 114 valence electrons. The first-order chi connectivity index (χ1) is 10.6. The summed E-state index contributed by atoms with van der Waals surface area (Å²) < 4.78 is 0. The Morgan fingerprint density at radius 3 is 1.91 bits per heavy atom. The second-order valence-corrected chi connectivity index (χ2v) is 5.18. The summed E-state index contributed by atoms with van der Waals surface area (Å²) in [5.74, 6) is -1.23. The molecule has 2 rings (SSSR count). The Hall–Kier alpha value is -2.62. The molecule has 0 aromatic heterocycles. The first-order valence-corrected chi connectivity index (χ1v) is 7.16. The van der Waals surface area contributed by atoms with Crippen molar-refractivity contribution in [2.45, 2.75) is 25.9 Å². The molecular weight excluding hydrogens is 278 g/mol. The van der Waals surface area contributed by atoms with Crippen LogP contribution < -0.4 is 0 Å². The quantitative estimate of drug-likeness (QED) is 0.892. The summed E-state index contributed by atoms with van der Waals surface area (Å²) in [4.78, 5) is 25.0. The minimum Gasteiger partial charge on any atom is -0.480 e. The maximum atomic E-state index is 11.9. The van der Waals surface area contributed by atoms with Gasteiger partial charge in [-0.25, -0.2) is 4.79 Å². The van der Waals surface area contributed by atoms with Gasteiger partial charge in [0.15, 0.2) is 0 Å². The Labute approximate surface area is 130 Å². The van der Waals surface area contributed by atoms with Crippen LogP contribution in [0.5, 0.6) is 0 Å². The highest BCUT2D eigenvalue weighted by molar-refractivity contribution is 5.82. The normalized spacial score (nSPS) is 11.7. The Morgan fingerprint density at radius 1 is 0.955 bits per heavy atom. The first-order valence-electron chi connectivity index (χ1n) is 7.16. The molecule has 0 radical (unpaired) electrons. The van der Waals surface area contributed by atoms with E-state index in [0.29, 0.717) is 13.0 Å². The summed E-state index contributed by atoms with van der Waals surface area (Å²) in [6.45, 7) is 1.70. The molecule has 2 aromatic rings. The smallest absolute Gasteiger partial charge is 0.326 e. The lowest BCUT2D eigenvalue weighted by Crippen LogP contribution is -2.45. The van der Waals surface area contributed by atoms with E-state index in [0.717, 1.165) is 11.1 Å². The summed E-state index contributed by atoms with van der Waals surface area (Å²) in [5.41, 5.74) is 1.81. The number of carboxylic acid groups (broad SMARTS) is 1. The fraction of sp³-hybridized carbons (Fsp3) is 0.222. The summed E-state index contributed by atoms with van der Waals surface area (Å²) in [6.07, 6.45) is 0.294. The van der Waals surface area contributed by atoms with Crippen molar-refractivity contribution in [3.8, 4) is 0 Å². The number of benzene rings is 2. The van der Waals surface area contributed by atoms with E-state index < -0.39 is 12.0 Å². The average Bonchev–Trinajstić information content (AvgIpc) is 2.52. The van der Waals surface area contributed by atoms with Crippen LogP contribution in [0, 0.1) is 0 Å². The maximum Gasteiger partial charge on any atom is 0.326 e. The number of nitrogens with zero attached hydrogens (tertiary/aromatic N) is 1. The first kappa shape index (κ1) is 15.8. The Bertz CT molecular complexity index is 568. The molecule has 0 heterocycles. The average molecular weight is 297 g/mol. The van der Waals surface area contributed by atoms with E-state index >= 15 is 0 Å². The summed E-state index contributed by atoms with van der Waals surface area (Å²) in [7, 11) is 0. The lowest BCUT2D eigenvalue weighted by atomic mass is 10.0. The van der Waals surface area contributed by atoms with E-state index in [1.807, 2.05) is 60.7 Å². The number of carbonyl (C=O) groups is 2. The molecule has 0 spiro atoms. The number of hydrogen-bond donors (Lipinski definition) is 1. The summed E-state index contributed by atoms with van der Waals surface area (Å²) in [5, 5.41) is 9.54. The van der Waals surface area contributed by atoms with E-state index in [4.69, 9.17) is 0 Å². The SMILES string of the molecule is CC(=O)N(Cc1ccccc1)[C@@H](Cc1ccccc1)C(=O)O. The van der Waals surface area contributed by atoms with Gasteiger partial charge in [0.1, 0.15) is 6.04 Å². The van der Waals surface area contributed by atoms with Gasteiger partial charge in [-0.15, -0.1) is 0 Å². The van der Waals surface area contributed by atoms with Crippen LogP contribution in [0.1, 0.15) is 18.1 Å². The van der Waals surface area contributed by atoms with Crippen LogP contribution in [0.3, 0.4) is 0 Å². The third kappa shape index (κ3) is 4.19. The number of carboxylic acids is 1. The molecule has 0 saturated heterocycles. The van der Waals surface area contributed by atoms with Crippen molar-refractivity contribution in [3.05, 3.63) is 71.8 Å². The molecule has 1 amide bonds. The lowest BCUT2D eigenvalue weighted by molar-refractivity contribution is -0.149. The standard InChI is InChI=1S/C18H19NO3/c1-14(20)19(13-16-10-6-3-7-11-16)17(18(21)22)12-15-8-4-2-5-9-15/h2-11,17H,12-13H2,1H3,(H,21,22)/t17-/m0/s1. The van der Waals surface area contributed by atoms with Crippen LogP contribution in [0.25, 0.3) is 0 Å². The monoisotopic (exact) mass is 297 g/mol. The summed E-state index contributed by atoms with van der Waals surface area (Å²) in [6, 6.07) is 17.9. The van der Waals surface area contributed by atoms with E-state index in [-0.39, 0.29) is 5.91 Å². The zero-order valence-electron chi connectivity index (χ0n) is 12.5. The van der Waals surface area contributed by atoms with Gasteiger partial charge in [-0.2, -0.15) is 0 Å². The van der Waals surface area contributed by atoms with Gasteiger partial charge in [-0.1, -0.05) is 60.7 Å². The molecule has 0 unspecified atom stereocenters. The molecule has 0 aliphatic carbocycles. The zero-order chi connectivity index (χ0) is 15.9. The van der Waals surface area contributed by atoms with Crippen LogP contribution in [0.15, 0.2) is 60.7 Å². The number of amides is 1. The second kappa shape index (κ2) is 7.41. The number of carbonyl (C=O) groups excluding carboxylic acids is 1. The van der Waals surface area contributed by atoms with Gasteiger partial charge < -0.3 is 10.0 Å². The fourth-order valence-corrected chi connectivity index (χ4v) is 2.39. The van der Waals surface area contributed by atoms with E-state index in [2.05, 4.69) is 0 Å². The molecule has 4 nitrogen and oxygen atoms in total. The second-order valence-electron chi connectivity index (χ2n) is 5.18. The molecule has 0 bridgehead atoms. The molecule has 22 heavy (non-hydrogen) atoms. The predicted octanol–water partition coefficient (Wildman–Crippen LogP) is 2.73. The van der Waals surface area contributed by atoms with Gasteiger partial charge in [-0.3, -0.25) is 4.79 Å². The zero-order valence-corrected chi connectivity index (χ0v) is 12.5. The third-order valence-corrected chi connectivity index (χ3v) is 3.53. The van der Waals surface area contributed by atoms with Crippen molar-refractivity contribution < 1.29 is 14.7 Å². The molecule has 1 atom stereocenters. The predicted molar refractivity (Wildman–Crippen MR) is 84.2 cm³/mol. The number of hydrogen-bond acceptors (Lipinski definition) is 2. The Kier molecular flexibility index (Phi) is 5.31. The maximum absolute atomic E-state index is 11.9. The third-order valence-electron chi connectivity index (χ3n) is 3.53. The van der Waals surface area contributed by atoms with Gasteiger partial charge in [0.25, 0.3) is 0 Å². The van der Waals surface area contributed by atoms with Crippen molar-refractivity contribution in [1.29, 1.82) is 0 Å². The van der Waals surface area contributed by atoms with Crippen LogP contribution >= 0.6 is 0 Å². The van der Waals surface area contributed by atoms with Gasteiger partial charge in [0.2, 0.25) is 5.91 Å². The highest BCUT2D eigenvalue weighted by Crippen LogP contribution is 2.14. The molecular formula is C18H19NO3. The Balaban J connectivity index is 2.22. The largest absolute Gasteiger partial charge is 0.480 e. The van der Waals surface area contributed by atoms with Gasteiger partial charge in [0, 0.05) is 19.9 Å². The molecule has 0 fully saturated rings. The minimum absolute atomic E-state index is 0.243.